The molecule has 1 aliphatic carbocycles. The lowest BCUT2D eigenvalue weighted by Gasteiger charge is -2.30. The van der Waals surface area contributed by atoms with Crippen molar-refractivity contribution in [3.63, 3.8) is 0 Å². The molecule has 2 atom stereocenters. The highest BCUT2D eigenvalue weighted by Gasteiger charge is 2.52. The van der Waals surface area contributed by atoms with Gasteiger partial charge in [0.15, 0.2) is 5.78 Å². The Labute approximate surface area is 251 Å². The number of halogens is 2. The van der Waals surface area contributed by atoms with Gasteiger partial charge in [0, 0.05) is 10.6 Å². The van der Waals surface area contributed by atoms with Crippen LogP contribution in [0.25, 0.3) is 0 Å². The third-order valence-electron chi connectivity index (χ3n) is 7.44. The number of ketones is 1. The summed E-state index contributed by atoms with van der Waals surface area (Å²) in [6, 6.07) is 16.4. The number of hydrazine groups is 1. The molecular weight excluding hydrogens is 583 g/mol. The Morgan fingerprint density at radius 1 is 0.857 bits per heavy atom. The van der Waals surface area contributed by atoms with Crippen LogP contribution in [0.4, 0.5) is 0 Å². The summed E-state index contributed by atoms with van der Waals surface area (Å²) >= 11 is 12.3. The van der Waals surface area contributed by atoms with E-state index in [9.17, 15) is 24.0 Å². The molecule has 0 unspecified atom stereocenters. The van der Waals surface area contributed by atoms with Gasteiger partial charge >= 0.3 is 5.97 Å². The number of amides is 3. The number of Topliss-reactive ketones (excluding diaryl/α,β-unsaturated/α-hetero) is 1. The van der Waals surface area contributed by atoms with Crippen molar-refractivity contribution in [3.05, 3.63) is 93.5 Å². The van der Waals surface area contributed by atoms with Crippen LogP contribution in [0.2, 0.25) is 10.0 Å². The van der Waals surface area contributed by atoms with Crippen LogP contribution in [0, 0.1) is 11.8 Å². The van der Waals surface area contributed by atoms with Gasteiger partial charge in [-0.1, -0.05) is 42.1 Å². The summed E-state index contributed by atoms with van der Waals surface area (Å²) in [4.78, 5) is 66.4. The first-order valence-corrected chi connectivity index (χ1v) is 14.1. The molecule has 0 N–H and O–H groups in total. The molecule has 1 aliphatic heterocycles. The van der Waals surface area contributed by atoms with E-state index in [2.05, 4.69) is 0 Å². The highest BCUT2D eigenvalue weighted by molar-refractivity contribution is 6.36. The molecule has 0 aromatic heterocycles. The van der Waals surface area contributed by atoms with E-state index in [0.29, 0.717) is 23.6 Å². The molecular formula is C31H26Cl2N2O7. The fourth-order valence-electron chi connectivity index (χ4n) is 5.27. The Hall–Kier alpha value is -4.21. The molecule has 42 heavy (non-hydrogen) atoms. The monoisotopic (exact) mass is 608 g/mol. The molecule has 1 saturated heterocycles. The van der Waals surface area contributed by atoms with Crippen molar-refractivity contribution >= 4 is 52.7 Å². The van der Waals surface area contributed by atoms with E-state index in [1.165, 1.54) is 55.6 Å². The highest BCUT2D eigenvalue weighted by atomic mass is 35.5. The summed E-state index contributed by atoms with van der Waals surface area (Å²) in [5.74, 6) is -3.33. The number of benzene rings is 3. The number of ether oxygens (including phenoxy) is 2. The van der Waals surface area contributed by atoms with Gasteiger partial charge in [0.05, 0.1) is 35.1 Å². The maximum Gasteiger partial charge on any atom is 0.343 e. The molecule has 1 saturated carbocycles. The number of imide groups is 1. The molecule has 3 aromatic carbocycles. The molecule has 11 heteroatoms. The zero-order chi connectivity index (χ0) is 30.0. The van der Waals surface area contributed by atoms with Crippen molar-refractivity contribution in [2.75, 3.05) is 13.7 Å². The lowest BCUT2D eigenvalue weighted by atomic mass is 9.81. The van der Waals surface area contributed by atoms with Gasteiger partial charge in [-0.2, -0.15) is 5.01 Å². The fraction of sp³-hybridized carbons (Fsp3) is 0.258. The normalized spacial score (nSPS) is 17.9. The number of hydrogen-bond acceptors (Lipinski definition) is 7. The van der Waals surface area contributed by atoms with Gasteiger partial charge in [-0.05, 0) is 73.5 Å². The van der Waals surface area contributed by atoms with E-state index in [-0.39, 0.29) is 27.5 Å². The highest BCUT2D eigenvalue weighted by Crippen LogP contribution is 2.39. The molecule has 5 rings (SSSR count). The second-order valence-electron chi connectivity index (χ2n) is 10.0. The van der Waals surface area contributed by atoms with Crippen LogP contribution in [0.5, 0.6) is 11.5 Å². The predicted octanol–water partition coefficient (Wildman–Crippen LogP) is 5.64. The Morgan fingerprint density at radius 3 is 2.14 bits per heavy atom. The van der Waals surface area contributed by atoms with E-state index in [4.69, 9.17) is 32.7 Å². The Morgan fingerprint density at radius 2 is 1.52 bits per heavy atom. The summed E-state index contributed by atoms with van der Waals surface area (Å²) in [7, 11) is 1.49. The molecule has 3 amide bonds. The lowest BCUT2D eigenvalue weighted by molar-refractivity contribution is -0.154. The third kappa shape index (κ3) is 5.89. The van der Waals surface area contributed by atoms with Gasteiger partial charge in [-0.25, -0.2) is 9.80 Å². The summed E-state index contributed by atoms with van der Waals surface area (Å²) in [5.41, 5.74) is 0.446. The first-order chi connectivity index (χ1) is 20.2. The van der Waals surface area contributed by atoms with Gasteiger partial charge in [-0.3, -0.25) is 19.2 Å². The molecule has 9 nitrogen and oxygen atoms in total. The number of carbonyl (C=O) groups excluding carboxylic acids is 5. The number of carbonyl (C=O) groups is 5. The summed E-state index contributed by atoms with van der Waals surface area (Å²) in [6.45, 7) is -0.600. The average Bonchev–Trinajstić information content (AvgIpc) is 3.25. The minimum atomic E-state index is -0.783. The first-order valence-electron chi connectivity index (χ1n) is 13.3. The van der Waals surface area contributed by atoms with Crippen LogP contribution in [0.15, 0.2) is 66.7 Å². The lowest BCUT2D eigenvalue weighted by Crippen LogP contribution is -2.52. The molecule has 2 aliphatic rings. The van der Waals surface area contributed by atoms with E-state index < -0.39 is 47.9 Å². The SMILES string of the molecule is COc1cccc(C(=O)Oc2ccc(C(=O)CN(C(=O)c3ccc(Cl)cc3Cl)N3C(=O)[C@H]4CCCC[C@@H]4C3=O)cc2)c1. The Kier molecular flexibility index (Phi) is 8.61. The van der Waals surface area contributed by atoms with Crippen molar-refractivity contribution in [2.24, 2.45) is 11.8 Å². The number of rotatable bonds is 8. The average molecular weight is 609 g/mol. The number of fused-ring (bicyclic) bond motifs is 1. The minimum absolute atomic E-state index is 0.0101. The summed E-state index contributed by atoms with van der Waals surface area (Å²) in [5, 5.41) is 2.00. The van der Waals surface area contributed by atoms with Crippen molar-refractivity contribution in [2.45, 2.75) is 25.7 Å². The maximum absolute atomic E-state index is 13.7. The van der Waals surface area contributed by atoms with Crippen molar-refractivity contribution in [1.82, 2.24) is 10.0 Å². The Balaban J connectivity index is 1.38. The molecule has 3 aromatic rings. The number of esters is 1. The Bertz CT molecular complexity index is 1550. The smallest absolute Gasteiger partial charge is 0.343 e. The molecule has 0 bridgehead atoms. The van der Waals surface area contributed by atoms with Crippen LogP contribution in [0.1, 0.15) is 56.8 Å². The second-order valence-corrected chi connectivity index (χ2v) is 10.9. The van der Waals surface area contributed by atoms with Crippen LogP contribution < -0.4 is 9.47 Å². The van der Waals surface area contributed by atoms with E-state index >= 15 is 0 Å². The second kappa shape index (κ2) is 12.3. The topological polar surface area (TPSA) is 110 Å². The molecule has 2 fully saturated rings. The fourth-order valence-corrected chi connectivity index (χ4v) is 5.76. The quantitative estimate of drug-likeness (QED) is 0.141. The zero-order valence-corrected chi connectivity index (χ0v) is 24.1. The van der Waals surface area contributed by atoms with E-state index in [1.54, 1.807) is 18.2 Å². The van der Waals surface area contributed by atoms with Crippen molar-refractivity contribution < 1.29 is 33.4 Å². The van der Waals surface area contributed by atoms with E-state index in [1.807, 2.05) is 0 Å². The first kappa shape index (κ1) is 29.3. The van der Waals surface area contributed by atoms with E-state index in [0.717, 1.165) is 22.9 Å². The van der Waals surface area contributed by atoms with Gasteiger partial charge < -0.3 is 9.47 Å². The largest absolute Gasteiger partial charge is 0.497 e. The van der Waals surface area contributed by atoms with Crippen LogP contribution in [0.3, 0.4) is 0 Å². The van der Waals surface area contributed by atoms with Crippen LogP contribution >= 0.6 is 23.2 Å². The maximum atomic E-state index is 13.7. The summed E-state index contributed by atoms with van der Waals surface area (Å²) < 4.78 is 10.5. The molecule has 0 radical (unpaired) electrons. The zero-order valence-electron chi connectivity index (χ0n) is 22.5. The molecule has 1 heterocycles. The van der Waals surface area contributed by atoms with Gasteiger partial charge in [0.25, 0.3) is 17.7 Å². The minimum Gasteiger partial charge on any atom is -0.497 e. The molecule has 216 valence electrons. The third-order valence-corrected chi connectivity index (χ3v) is 7.99. The van der Waals surface area contributed by atoms with Gasteiger partial charge in [0.2, 0.25) is 0 Å². The molecule has 0 spiro atoms. The number of hydrogen-bond donors (Lipinski definition) is 0. The van der Waals surface area contributed by atoms with Crippen molar-refractivity contribution in [3.8, 4) is 11.5 Å². The van der Waals surface area contributed by atoms with Crippen molar-refractivity contribution in [1.29, 1.82) is 0 Å². The standard InChI is InChI=1S/C31H26Cl2N2O7/c1-41-22-6-4-5-19(15-22)31(40)42-21-12-9-18(10-13-21)27(36)17-34(28(37)25-14-11-20(32)16-26(25)33)35-29(38)23-7-2-3-8-24(23)30(35)39/h4-6,9-16,23-24H,2-3,7-8,17H2,1H3/t23-,24-/m0/s1. The van der Waals surface area contributed by atoms with Crippen LogP contribution in [-0.2, 0) is 9.59 Å². The van der Waals surface area contributed by atoms with Gasteiger partial charge in [0.1, 0.15) is 18.0 Å². The summed E-state index contributed by atoms with van der Waals surface area (Å²) in [6.07, 6.45) is 2.69. The van der Waals surface area contributed by atoms with Crippen LogP contribution in [-0.4, -0.2) is 53.1 Å². The van der Waals surface area contributed by atoms with Gasteiger partial charge in [-0.15, -0.1) is 0 Å². The number of methoxy groups -OCH3 is 1. The predicted molar refractivity (Wildman–Crippen MR) is 154 cm³/mol. The number of nitrogens with zero attached hydrogens (tertiary/aromatic N) is 2.